The molecule has 5 aromatic carbocycles. The van der Waals surface area contributed by atoms with Crippen molar-refractivity contribution in [2.45, 2.75) is 13.8 Å². The molecule has 0 aliphatic heterocycles. The predicted molar refractivity (Wildman–Crippen MR) is 141 cm³/mol. The van der Waals surface area contributed by atoms with Gasteiger partial charge in [-0.25, -0.2) is 0 Å². The molecule has 1 nitrogen and oxygen atoms in total. The summed E-state index contributed by atoms with van der Waals surface area (Å²) in [6.07, 6.45) is 0. The number of nitrogens with zero attached hydrogens (tertiary/aromatic N) is 1. The van der Waals surface area contributed by atoms with Gasteiger partial charge in [0, 0.05) is 17.1 Å². The average molecular weight is 426 g/mol. The summed E-state index contributed by atoms with van der Waals surface area (Å²) in [4.78, 5) is 2.31. The van der Waals surface area contributed by atoms with Crippen molar-refractivity contribution < 1.29 is 0 Å². The zero-order chi connectivity index (χ0) is 22.6. The SMILES string of the molecule is Cc1ccc(-c2ccc(N(c3ccc(C)cc3)c3ccc(-c4ccccc4)cc3)cc2)cc1. The van der Waals surface area contributed by atoms with E-state index in [1.54, 1.807) is 0 Å². The second-order valence-electron chi connectivity index (χ2n) is 8.50. The van der Waals surface area contributed by atoms with Gasteiger partial charge < -0.3 is 4.90 Å². The molecule has 0 spiro atoms. The van der Waals surface area contributed by atoms with Crippen LogP contribution in [0, 0.1) is 13.8 Å². The van der Waals surface area contributed by atoms with E-state index in [0.29, 0.717) is 0 Å². The molecular formula is C32H27N. The molecule has 0 bridgehead atoms. The minimum atomic E-state index is 1.14. The molecule has 0 aliphatic carbocycles. The Balaban J connectivity index is 1.52. The van der Waals surface area contributed by atoms with Gasteiger partial charge in [-0.1, -0.05) is 102 Å². The van der Waals surface area contributed by atoms with E-state index in [0.717, 1.165) is 17.1 Å². The van der Waals surface area contributed by atoms with Gasteiger partial charge >= 0.3 is 0 Å². The van der Waals surface area contributed by atoms with Crippen LogP contribution in [0.2, 0.25) is 0 Å². The van der Waals surface area contributed by atoms with E-state index in [1.165, 1.54) is 33.4 Å². The Labute approximate surface area is 196 Å². The summed E-state index contributed by atoms with van der Waals surface area (Å²) in [5.41, 5.74) is 10.9. The van der Waals surface area contributed by atoms with E-state index in [4.69, 9.17) is 0 Å². The highest BCUT2D eigenvalue weighted by molar-refractivity contribution is 5.79. The van der Waals surface area contributed by atoms with Crippen molar-refractivity contribution >= 4 is 17.1 Å². The first-order valence-corrected chi connectivity index (χ1v) is 11.4. The van der Waals surface area contributed by atoms with E-state index in [1.807, 2.05) is 0 Å². The topological polar surface area (TPSA) is 3.24 Å². The highest BCUT2D eigenvalue weighted by Crippen LogP contribution is 2.36. The summed E-state index contributed by atoms with van der Waals surface area (Å²) in [5.74, 6) is 0. The fraction of sp³-hybridized carbons (Fsp3) is 0.0625. The largest absolute Gasteiger partial charge is 0.311 e. The summed E-state index contributed by atoms with van der Waals surface area (Å²) in [6, 6.07) is 45.6. The molecule has 0 fully saturated rings. The Hall–Kier alpha value is -4.10. The van der Waals surface area contributed by atoms with Gasteiger partial charge in [0.1, 0.15) is 0 Å². The molecule has 0 unspecified atom stereocenters. The molecule has 160 valence electrons. The fourth-order valence-electron chi connectivity index (χ4n) is 4.12. The van der Waals surface area contributed by atoms with Gasteiger partial charge in [-0.3, -0.25) is 0 Å². The number of benzene rings is 5. The third-order valence-electron chi connectivity index (χ3n) is 6.04. The monoisotopic (exact) mass is 425 g/mol. The number of anilines is 3. The molecule has 0 N–H and O–H groups in total. The molecular weight excluding hydrogens is 398 g/mol. The lowest BCUT2D eigenvalue weighted by atomic mass is 10.0. The molecule has 0 atom stereocenters. The summed E-state index contributed by atoms with van der Waals surface area (Å²) in [6.45, 7) is 4.24. The van der Waals surface area contributed by atoms with Crippen molar-refractivity contribution in [3.05, 3.63) is 139 Å². The van der Waals surface area contributed by atoms with Crippen LogP contribution < -0.4 is 4.90 Å². The Morgan fingerprint density at radius 1 is 0.333 bits per heavy atom. The summed E-state index contributed by atoms with van der Waals surface area (Å²) in [5, 5.41) is 0. The quantitative estimate of drug-likeness (QED) is 0.271. The Kier molecular flexibility index (Phi) is 5.78. The van der Waals surface area contributed by atoms with Crippen molar-refractivity contribution in [3.63, 3.8) is 0 Å². The third-order valence-corrected chi connectivity index (χ3v) is 6.04. The maximum absolute atomic E-state index is 2.31. The minimum Gasteiger partial charge on any atom is -0.311 e. The van der Waals surface area contributed by atoms with Crippen molar-refractivity contribution in [1.82, 2.24) is 0 Å². The lowest BCUT2D eigenvalue weighted by molar-refractivity contribution is 1.27. The van der Waals surface area contributed by atoms with Crippen LogP contribution in [0.5, 0.6) is 0 Å². The van der Waals surface area contributed by atoms with Gasteiger partial charge in [-0.05, 0) is 72.5 Å². The zero-order valence-corrected chi connectivity index (χ0v) is 19.1. The molecule has 5 aromatic rings. The molecule has 0 aliphatic rings. The Morgan fingerprint density at radius 3 is 1.06 bits per heavy atom. The number of rotatable bonds is 5. The fourth-order valence-corrected chi connectivity index (χ4v) is 4.12. The number of hydrogen-bond acceptors (Lipinski definition) is 1. The first-order chi connectivity index (χ1) is 16.2. The van der Waals surface area contributed by atoms with Crippen LogP contribution in [0.3, 0.4) is 0 Å². The highest BCUT2D eigenvalue weighted by atomic mass is 15.1. The summed E-state index contributed by atoms with van der Waals surface area (Å²) >= 11 is 0. The van der Waals surface area contributed by atoms with Crippen LogP contribution in [0.1, 0.15) is 11.1 Å². The van der Waals surface area contributed by atoms with E-state index in [2.05, 4.69) is 146 Å². The molecule has 5 rings (SSSR count). The van der Waals surface area contributed by atoms with Crippen LogP contribution in [0.25, 0.3) is 22.3 Å². The lowest BCUT2D eigenvalue weighted by Crippen LogP contribution is -2.09. The summed E-state index contributed by atoms with van der Waals surface area (Å²) in [7, 11) is 0. The minimum absolute atomic E-state index is 1.14. The molecule has 1 heteroatoms. The highest BCUT2D eigenvalue weighted by Gasteiger charge is 2.13. The molecule has 0 heterocycles. The maximum Gasteiger partial charge on any atom is 0.0462 e. The molecule has 33 heavy (non-hydrogen) atoms. The first kappa shape index (κ1) is 20.8. The molecule has 0 aromatic heterocycles. The lowest BCUT2D eigenvalue weighted by Gasteiger charge is -2.26. The normalized spacial score (nSPS) is 10.7. The Morgan fingerprint density at radius 2 is 0.636 bits per heavy atom. The maximum atomic E-state index is 2.31. The van der Waals surface area contributed by atoms with E-state index < -0.39 is 0 Å². The van der Waals surface area contributed by atoms with Crippen LogP contribution >= 0.6 is 0 Å². The van der Waals surface area contributed by atoms with Gasteiger partial charge in [0.25, 0.3) is 0 Å². The molecule has 0 saturated carbocycles. The third kappa shape index (κ3) is 4.58. The van der Waals surface area contributed by atoms with Crippen molar-refractivity contribution in [3.8, 4) is 22.3 Å². The number of hydrogen-bond donors (Lipinski definition) is 0. The van der Waals surface area contributed by atoms with Gasteiger partial charge in [-0.15, -0.1) is 0 Å². The van der Waals surface area contributed by atoms with E-state index in [-0.39, 0.29) is 0 Å². The van der Waals surface area contributed by atoms with Crippen LogP contribution in [-0.2, 0) is 0 Å². The van der Waals surface area contributed by atoms with Crippen molar-refractivity contribution in [1.29, 1.82) is 0 Å². The summed E-state index contributed by atoms with van der Waals surface area (Å²) < 4.78 is 0. The van der Waals surface area contributed by atoms with Gasteiger partial charge in [0.05, 0.1) is 0 Å². The smallest absolute Gasteiger partial charge is 0.0462 e. The van der Waals surface area contributed by atoms with E-state index >= 15 is 0 Å². The van der Waals surface area contributed by atoms with Gasteiger partial charge in [0.15, 0.2) is 0 Å². The van der Waals surface area contributed by atoms with Crippen molar-refractivity contribution in [2.24, 2.45) is 0 Å². The number of aryl methyl sites for hydroxylation is 2. The van der Waals surface area contributed by atoms with Gasteiger partial charge in [-0.2, -0.15) is 0 Å². The van der Waals surface area contributed by atoms with Gasteiger partial charge in [0.2, 0.25) is 0 Å². The molecule has 0 saturated heterocycles. The van der Waals surface area contributed by atoms with E-state index in [9.17, 15) is 0 Å². The first-order valence-electron chi connectivity index (χ1n) is 11.4. The van der Waals surface area contributed by atoms with Crippen LogP contribution in [0.4, 0.5) is 17.1 Å². The zero-order valence-electron chi connectivity index (χ0n) is 19.1. The molecule has 0 radical (unpaired) electrons. The molecule has 0 amide bonds. The van der Waals surface area contributed by atoms with Crippen LogP contribution in [-0.4, -0.2) is 0 Å². The Bertz CT molecular complexity index is 1320. The van der Waals surface area contributed by atoms with Crippen molar-refractivity contribution in [2.75, 3.05) is 4.90 Å². The second-order valence-corrected chi connectivity index (χ2v) is 8.50. The van der Waals surface area contributed by atoms with Crippen LogP contribution in [0.15, 0.2) is 127 Å². The predicted octanol–water partition coefficient (Wildman–Crippen LogP) is 9.11. The second kappa shape index (κ2) is 9.18. The average Bonchev–Trinajstić information content (AvgIpc) is 2.87. The standard InChI is InChI=1S/C32H27N/c1-24-8-12-27(13-9-24)29-16-22-32(23-17-29)33(30-18-10-25(2)11-19-30)31-20-14-28(15-21-31)26-6-4-3-5-7-26/h3-23H,1-2H3.